The third kappa shape index (κ3) is 5.64. The fourth-order valence-corrected chi connectivity index (χ4v) is 11.2. The molecule has 68 heavy (non-hydrogen) atoms. The predicted molar refractivity (Wildman–Crippen MR) is 285 cm³/mol. The molecule has 4 aromatic heterocycles. The highest BCUT2D eigenvalue weighted by Crippen LogP contribution is 2.45. The molecule has 14 aromatic rings. The lowest BCUT2D eigenvalue weighted by molar-refractivity contribution is 0.669. The molecule has 14 rings (SSSR count). The summed E-state index contributed by atoms with van der Waals surface area (Å²) in [6, 6.07) is 74.3. The minimum Gasteiger partial charge on any atom is -0.455 e. The fourth-order valence-electron chi connectivity index (χ4n) is 11.2. The lowest BCUT2D eigenvalue weighted by atomic mass is 10.0. The van der Waals surface area contributed by atoms with E-state index in [1.54, 1.807) is 0 Å². The van der Waals surface area contributed by atoms with Crippen molar-refractivity contribution in [2.24, 2.45) is 0 Å². The first-order valence-electron chi connectivity index (χ1n) is 23.6. The molecule has 0 aliphatic heterocycles. The molecule has 0 aliphatic rings. The quantitative estimate of drug-likeness (QED) is 0.153. The summed E-state index contributed by atoms with van der Waals surface area (Å²) in [5.74, 6) is 0. The highest BCUT2D eigenvalue weighted by molar-refractivity contribution is 6.23. The average molecular weight is 877 g/mol. The van der Waals surface area contributed by atoms with E-state index < -0.39 is 0 Å². The van der Waals surface area contributed by atoms with Gasteiger partial charge in [-0.1, -0.05) is 84.9 Å². The number of anilines is 6. The van der Waals surface area contributed by atoms with Gasteiger partial charge in [-0.15, -0.1) is 0 Å². The second kappa shape index (κ2) is 14.9. The van der Waals surface area contributed by atoms with Crippen molar-refractivity contribution in [2.75, 3.05) is 9.80 Å². The van der Waals surface area contributed by atoms with Crippen molar-refractivity contribution >= 4 is 132 Å². The number of hydrogen-bond acceptors (Lipinski definition) is 4. The summed E-state index contributed by atoms with van der Waals surface area (Å²) in [5.41, 5.74) is 14.7. The number of hydrogen-bond donors (Lipinski definition) is 0. The second-order valence-electron chi connectivity index (χ2n) is 17.8. The van der Waals surface area contributed by atoms with Gasteiger partial charge in [0.2, 0.25) is 0 Å². The standard InChI is InChI=1S/C62H44N4O2/c1-3-63-55-21-13-11-19-45(55)47-27-23-41(35-57(47)63)65(39-15-7-5-8-16-39)43-25-29-49-51-31-33-54-53(61(51)67-59(49)37-43)34-32-52-50-30-26-44(38-60(50)68-62(52)54)66(40-17-9-6-10-18-40)42-24-28-48-46-20-12-14-22-56(46)64(4-2)58(48)36-42/h5-38H,3-4H2,1-2H3. The van der Waals surface area contributed by atoms with Crippen LogP contribution < -0.4 is 9.80 Å². The number of nitrogens with zero attached hydrogens (tertiary/aromatic N) is 4. The van der Waals surface area contributed by atoms with Gasteiger partial charge in [0.25, 0.3) is 0 Å². The minimum atomic E-state index is 0.836. The van der Waals surface area contributed by atoms with Gasteiger partial charge in [-0.25, -0.2) is 0 Å². The first-order valence-corrected chi connectivity index (χ1v) is 23.6. The number of para-hydroxylation sites is 4. The van der Waals surface area contributed by atoms with E-state index in [1.165, 1.54) is 43.6 Å². The molecule has 4 heterocycles. The number of fused-ring (bicyclic) bond motifs is 15. The first kappa shape index (κ1) is 38.5. The molecule has 10 aromatic carbocycles. The highest BCUT2D eigenvalue weighted by Gasteiger charge is 2.22. The van der Waals surface area contributed by atoms with Gasteiger partial charge in [0.15, 0.2) is 0 Å². The molecule has 324 valence electrons. The van der Waals surface area contributed by atoms with E-state index in [4.69, 9.17) is 8.83 Å². The first-order chi connectivity index (χ1) is 33.6. The van der Waals surface area contributed by atoms with Crippen LogP contribution in [0.1, 0.15) is 13.8 Å². The Balaban J connectivity index is 0.887. The Morgan fingerprint density at radius 2 is 0.618 bits per heavy atom. The maximum atomic E-state index is 6.93. The molecular weight excluding hydrogens is 833 g/mol. The third-order valence-electron chi connectivity index (χ3n) is 14.2. The third-order valence-corrected chi connectivity index (χ3v) is 14.2. The molecule has 0 saturated carbocycles. The average Bonchev–Trinajstić information content (AvgIpc) is 4.14. The van der Waals surface area contributed by atoms with Crippen molar-refractivity contribution in [3.05, 3.63) is 206 Å². The Bertz CT molecular complexity index is 4030. The monoisotopic (exact) mass is 876 g/mol. The summed E-state index contributed by atoms with van der Waals surface area (Å²) in [4.78, 5) is 4.66. The van der Waals surface area contributed by atoms with Crippen LogP contribution in [0.4, 0.5) is 34.1 Å². The Labute approximate surface area is 391 Å². The molecule has 0 aliphatic carbocycles. The SMILES string of the molecule is CCn1c2ccccc2c2ccc(N(c3ccccc3)c3ccc4c(c3)oc3c4ccc4c3ccc3c5ccc(N(c6ccccc6)c6ccc7c8ccccc8n(CC)c7c6)cc5oc34)cc21. The van der Waals surface area contributed by atoms with E-state index in [0.717, 1.165) is 102 Å². The summed E-state index contributed by atoms with van der Waals surface area (Å²) < 4.78 is 18.7. The van der Waals surface area contributed by atoms with Crippen LogP contribution in [0.3, 0.4) is 0 Å². The van der Waals surface area contributed by atoms with E-state index in [9.17, 15) is 0 Å². The van der Waals surface area contributed by atoms with Gasteiger partial charge in [-0.05, 0) is 123 Å². The van der Waals surface area contributed by atoms with Gasteiger partial charge in [0, 0.05) is 124 Å². The van der Waals surface area contributed by atoms with Crippen LogP contribution in [-0.4, -0.2) is 9.13 Å². The number of benzene rings is 10. The summed E-state index contributed by atoms with van der Waals surface area (Å²) in [6.45, 7) is 6.21. The van der Waals surface area contributed by atoms with E-state index >= 15 is 0 Å². The summed E-state index contributed by atoms with van der Waals surface area (Å²) in [6.07, 6.45) is 0. The molecule has 0 radical (unpaired) electrons. The lowest BCUT2D eigenvalue weighted by Crippen LogP contribution is -2.10. The molecule has 0 bridgehead atoms. The van der Waals surface area contributed by atoms with Crippen LogP contribution in [0.25, 0.3) is 98.3 Å². The normalized spacial score (nSPS) is 12.1. The van der Waals surface area contributed by atoms with Crippen LogP contribution in [0.5, 0.6) is 0 Å². The summed E-state index contributed by atoms with van der Waals surface area (Å²) in [7, 11) is 0. The molecule has 6 heteroatoms. The van der Waals surface area contributed by atoms with E-state index in [-0.39, 0.29) is 0 Å². The fraction of sp³-hybridized carbons (Fsp3) is 0.0645. The molecule has 0 fully saturated rings. The number of rotatable bonds is 8. The highest BCUT2D eigenvalue weighted by atomic mass is 16.3. The van der Waals surface area contributed by atoms with Crippen LogP contribution in [0.15, 0.2) is 215 Å². The minimum absolute atomic E-state index is 0.836. The van der Waals surface area contributed by atoms with Gasteiger partial charge in [-0.2, -0.15) is 0 Å². The van der Waals surface area contributed by atoms with Crippen molar-refractivity contribution < 1.29 is 8.83 Å². The second-order valence-corrected chi connectivity index (χ2v) is 17.8. The molecule has 0 N–H and O–H groups in total. The van der Waals surface area contributed by atoms with Crippen molar-refractivity contribution in [1.82, 2.24) is 9.13 Å². The zero-order valence-electron chi connectivity index (χ0n) is 37.6. The lowest BCUT2D eigenvalue weighted by Gasteiger charge is -2.25. The van der Waals surface area contributed by atoms with Crippen LogP contribution in [0.2, 0.25) is 0 Å². The maximum Gasteiger partial charge on any atom is 0.143 e. The Morgan fingerprint density at radius 3 is 1.03 bits per heavy atom. The van der Waals surface area contributed by atoms with Gasteiger partial charge in [-0.3, -0.25) is 0 Å². The van der Waals surface area contributed by atoms with Crippen molar-refractivity contribution in [3.63, 3.8) is 0 Å². The molecule has 6 nitrogen and oxygen atoms in total. The van der Waals surface area contributed by atoms with Crippen LogP contribution >= 0.6 is 0 Å². The molecular formula is C62H44N4O2. The summed E-state index contributed by atoms with van der Waals surface area (Å²) in [5, 5.41) is 11.4. The molecule has 0 saturated heterocycles. The zero-order chi connectivity index (χ0) is 45.0. The van der Waals surface area contributed by atoms with Crippen LogP contribution in [0, 0.1) is 0 Å². The van der Waals surface area contributed by atoms with Gasteiger partial charge in [0.05, 0.1) is 11.0 Å². The summed E-state index contributed by atoms with van der Waals surface area (Å²) >= 11 is 0. The Hall–Kier alpha value is -8.74. The van der Waals surface area contributed by atoms with Gasteiger partial charge >= 0.3 is 0 Å². The van der Waals surface area contributed by atoms with E-state index in [2.05, 4.69) is 239 Å². The van der Waals surface area contributed by atoms with Crippen molar-refractivity contribution in [2.45, 2.75) is 26.9 Å². The Kier molecular flexibility index (Phi) is 8.44. The van der Waals surface area contributed by atoms with Gasteiger partial charge in [0.1, 0.15) is 22.3 Å². The molecule has 0 unspecified atom stereocenters. The maximum absolute atomic E-state index is 6.93. The predicted octanol–water partition coefficient (Wildman–Crippen LogP) is 17.8. The van der Waals surface area contributed by atoms with Crippen LogP contribution in [-0.2, 0) is 13.1 Å². The van der Waals surface area contributed by atoms with Gasteiger partial charge < -0.3 is 27.8 Å². The number of aryl methyl sites for hydroxylation is 2. The molecule has 0 amide bonds. The Morgan fingerprint density at radius 1 is 0.294 bits per heavy atom. The topological polar surface area (TPSA) is 42.6 Å². The smallest absolute Gasteiger partial charge is 0.143 e. The largest absolute Gasteiger partial charge is 0.455 e. The van der Waals surface area contributed by atoms with Crippen molar-refractivity contribution in [3.8, 4) is 0 Å². The van der Waals surface area contributed by atoms with Crippen molar-refractivity contribution in [1.29, 1.82) is 0 Å². The zero-order valence-corrected chi connectivity index (χ0v) is 37.6. The number of aromatic nitrogens is 2. The van der Waals surface area contributed by atoms with E-state index in [0.29, 0.717) is 0 Å². The number of furan rings is 2. The molecule has 0 spiro atoms. The molecule has 0 atom stereocenters. The van der Waals surface area contributed by atoms with E-state index in [1.807, 2.05) is 0 Å².